The van der Waals surface area contributed by atoms with Gasteiger partial charge < -0.3 is 14.2 Å². The minimum absolute atomic E-state index is 0.0381. The van der Waals surface area contributed by atoms with Gasteiger partial charge in [0.15, 0.2) is 10.6 Å². The first-order valence-electron chi connectivity index (χ1n) is 4.30. The summed E-state index contributed by atoms with van der Waals surface area (Å²) in [5.41, 5.74) is 0. The lowest BCUT2D eigenvalue weighted by molar-refractivity contribution is 0.356. The molecule has 0 saturated heterocycles. The Balaban J connectivity index is 3.74. The predicted octanol–water partition coefficient (Wildman–Crippen LogP) is 2.40. The van der Waals surface area contributed by atoms with Gasteiger partial charge in [0.2, 0.25) is 0 Å². The van der Waals surface area contributed by atoms with E-state index < -0.39 is 9.05 Å². The van der Waals surface area contributed by atoms with Crippen LogP contribution in [-0.2, 0) is 9.05 Å². The zero-order valence-corrected chi connectivity index (χ0v) is 12.4. The molecule has 0 aliphatic heterocycles. The van der Waals surface area contributed by atoms with Crippen molar-refractivity contribution in [1.29, 1.82) is 0 Å². The third-order valence-corrected chi connectivity index (χ3v) is 4.08. The SMILES string of the molecule is COc1cc(OC)c(S(=O)(=O)Cl)c(OC)c1Br. The van der Waals surface area contributed by atoms with Crippen molar-refractivity contribution in [2.75, 3.05) is 21.3 Å². The molecule has 0 aliphatic rings. The Labute approximate surface area is 112 Å². The van der Waals surface area contributed by atoms with E-state index in [1.807, 2.05) is 0 Å². The number of halogens is 2. The average molecular weight is 346 g/mol. The number of ether oxygens (including phenoxy) is 3. The van der Waals surface area contributed by atoms with Gasteiger partial charge in [-0.2, -0.15) is 0 Å². The second-order valence-corrected chi connectivity index (χ2v) is 6.19. The lowest BCUT2D eigenvalue weighted by atomic mass is 10.3. The summed E-state index contributed by atoms with van der Waals surface area (Å²) in [4.78, 5) is -0.239. The summed E-state index contributed by atoms with van der Waals surface area (Å²) in [5, 5.41) is 0. The number of rotatable bonds is 4. The van der Waals surface area contributed by atoms with Gasteiger partial charge in [0.1, 0.15) is 16.0 Å². The molecule has 0 bridgehead atoms. The number of benzene rings is 1. The van der Waals surface area contributed by atoms with E-state index in [1.54, 1.807) is 0 Å². The van der Waals surface area contributed by atoms with Crippen LogP contribution in [-0.4, -0.2) is 29.7 Å². The van der Waals surface area contributed by atoms with Crippen LogP contribution in [0.4, 0.5) is 0 Å². The van der Waals surface area contributed by atoms with E-state index in [0.29, 0.717) is 10.2 Å². The highest BCUT2D eigenvalue weighted by molar-refractivity contribution is 9.10. The van der Waals surface area contributed by atoms with Gasteiger partial charge in [-0.3, -0.25) is 0 Å². The fraction of sp³-hybridized carbons (Fsp3) is 0.333. The first-order chi connectivity index (χ1) is 7.86. The van der Waals surface area contributed by atoms with Gasteiger partial charge >= 0.3 is 0 Å². The van der Waals surface area contributed by atoms with E-state index in [0.717, 1.165) is 0 Å². The monoisotopic (exact) mass is 344 g/mol. The molecule has 0 aromatic heterocycles. The summed E-state index contributed by atoms with van der Waals surface area (Å²) >= 11 is 3.18. The topological polar surface area (TPSA) is 61.8 Å². The molecule has 0 radical (unpaired) electrons. The van der Waals surface area contributed by atoms with Crippen molar-refractivity contribution in [2.24, 2.45) is 0 Å². The van der Waals surface area contributed by atoms with Gasteiger partial charge in [-0.15, -0.1) is 0 Å². The van der Waals surface area contributed by atoms with Gasteiger partial charge in [-0.25, -0.2) is 8.42 Å². The van der Waals surface area contributed by atoms with Crippen LogP contribution in [0.5, 0.6) is 17.2 Å². The normalized spacial score (nSPS) is 11.1. The fourth-order valence-corrected chi connectivity index (χ4v) is 3.28. The van der Waals surface area contributed by atoms with Crippen molar-refractivity contribution in [2.45, 2.75) is 4.90 Å². The molecule has 0 unspecified atom stereocenters. The third kappa shape index (κ3) is 2.78. The number of hydrogen-bond donors (Lipinski definition) is 0. The molecule has 5 nitrogen and oxygen atoms in total. The van der Waals surface area contributed by atoms with Crippen molar-refractivity contribution in [3.63, 3.8) is 0 Å². The van der Waals surface area contributed by atoms with Crippen LogP contribution in [0.1, 0.15) is 0 Å². The van der Waals surface area contributed by atoms with Crippen LogP contribution in [0.3, 0.4) is 0 Å². The molecule has 0 N–H and O–H groups in total. The van der Waals surface area contributed by atoms with Gasteiger partial charge in [-0.05, 0) is 15.9 Å². The Kier molecular flexibility index (Phi) is 4.51. The maximum atomic E-state index is 11.5. The number of hydrogen-bond acceptors (Lipinski definition) is 5. The molecule has 0 amide bonds. The van der Waals surface area contributed by atoms with Crippen molar-refractivity contribution in [1.82, 2.24) is 0 Å². The Morgan fingerprint density at radius 3 is 2.00 bits per heavy atom. The molecule has 0 spiro atoms. The molecule has 17 heavy (non-hydrogen) atoms. The van der Waals surface area contributed by atoms with Gasteiger partial charge in [-0.1, -0.05) is 0 Å². The largest absolute Gasteiger partial charge is 0.495 e. The highest BCUT2D eigenvalue weighted by Gasteiger charge is 2.27. The summed E-state index contributed by atoms with van der Waals surface area (Å²) in [6, 6.07) is 1.40. The summed E-state index contributed by atoms with van der Waals surface area (Å²) in [6.45, 7) is 0. The van der Waals surface area contributed by atoms with Crippen LogP contribution < -0.4 is 14.2 Å². The summed E-state index contributed by atoms with van der Waals surface area (Å²) < 4.78 is 38.4. The van der Waals surface area contributed by atoms with E-state index in [-0.39, 0.29) is 16.4 Å². The molecule has 1 rings (SSSR count). The molecular weight excluding hydrogens is 336 g/mol. The van der Waals surface area contributed by atoms with E-state index in [9.17, 15) is 8.42 Å². The molecule has 0 fully saturated rings. The molecular formula is C9H10BrClO5S. The first kappa shape index (κ1) is 14.4. The quantitative estimate of drug-likeness (QED) is 0.784. The van der Waals surface area contributed by atoms with Crippen molar-refractivity contribution >= 4 is 35.7 Å². The Bertz CT molecular complexity index is 529. The van der Waals surface area contributed by atoms with Crippen LogP contribution >= 0.6 is 26.6 Å². The third-order valence-electron chi connectivity index (χ3n) is 2.00. The summed E-state index contributed by atoms with van der Waals surface area (Å²) in [6.07, 6.45) is 0. The molecule has 0 atom stereocenters. The second kappa shape index (κ2) is 5.32. The zero-order chi connectivity index (χ0) is 13.2. The lowest BCUT2D eigenvalue weighted by Gasteiger charge is -2.15. The minimum atomic E-state index is -4.00. The van der Waals surface area contributed by atoms with Gasteiger partial charge in [0.25, 0.3) is 9.05 Å². The lowest BCUT2D eigenvalue weighted by Crippen LogP contribution is -2.02. The fourth-order valence-electron chi connectivity index (χ4n) is 1.28. The van der Waals surface area contributed by atoms with Crippen LogP contribution in [0, 0.1) is 0 Å². The highest BCUT2D eigenvalue weighted by atomic mass is 79.9. The van der Waals surface area contributed by atoms with Crippen LogP contribution in [0.2, 0.25) is 0 Å². The molecule has 1 aromatic carbocycles. The maximum absolute atomic E-state index is 11.5. The van der Waals surface area contributed by atoms with Crippen molar-refractivity contribution in [3.8, 4) is 17.2 Å². The van der Waals surface area contributed by atoms with Crippen LogP contribution in [0.25, 0.3) is 0 Å². The molecule has 0 aliphatic carbocycles. The first-order valence-corrected chi connectivity index (χ1v) is 7.40. The summed E-state index contributed by atoms with van der Waals surface area (Å²) in [7, 11) is 5.43. The van der Waals surface area contributed by atoms with E-state index in [4.69, 9.17) is 24.9 Å². The smallest absolute Gasteiger partial charge is 0.268 e. The molecule has 0 saturated carbocycles. The standard InChI is InChI=1S/C9H10BrClO5S/c1-14-5-4-6(15-2)9(17(11,12)13)8(16-3)7(5)10/h4H,1-3H3. The number of methoxy groups -OCH3 is 3. The maximum Gasteiger partial charge on any atom is 0.268 e. The molecule has 0 heterocycles. The van der Waals surface area contributed by atoms with E-state index in [2.05, 4.69) is 15.9 Å². The predicted molar refractivity (Wildman–Crippen MR) is 66.8 cm³/mol. The zero-order valence-electron chi connectivity index (χ0n) is 9.28. The van der Waals surface area contributed by atoms with Gasteiger partial charge in [0, 0.05) is 16.7 Å². The Morgan fingerprint density at radius 1 is 1.12 bits per heavy atom. The highest BCUT2D eigenvalue weighted by Crippen LogP contribution is 2.46. The summed E-state index contributed by atoms with van der Waals surface area (Å²) in [5.74, 6) is 0.468. The van der Waals surface area contributed by atoms with Crippen molar-refractivity contribution in [3.05, 3.63) is 10.5 Å². The van der Waals surface area contributed by atoms with E-state index >= 15 is 0 Å². The average Bonchev–Trinajstić information content (AvgIpc) is 2.27. The van der Waals surface area contributed by atoms with Gasteiger partial charge in [0.05, 0.1) is 21.3 Å². The Morgan fingerprint density at radius 2 is 1.65 bits per heavy atom. The van der Waals surface area contributed by atoms with E-state index in [1.165, 1.54) is 27.4 Å². The molecule has 8 heteroatoms. The molecule has 96 valence electrons. The second-order valence-electron chi connectivity index (χ2n) is 2.90. The van der Waals surface area contributed by atoms with Crippen LogP contribution in [0.15, 0.2) is 15.4 Å². The van der Waals surface area contributed by atoms with Crippen molar-refractivity contribution < 1.29 is 22.6 Å². The Hall–Kier alpha value is -0.660. The minimum Gasteiger partial charge on any atom is -0.495 e. The molecule has 1 aromatic rings.